The second kappa shape index (κ2) is 4.75. The zero-order valence-corrected chi connectivity index (χ0v) is 11.3. The SMILES string of the molecule is O=C(O)c1ccc(Cl)c(S(=O)(=O)NC2(CO)CC2)c1. The average molecular weight is 306 g/mol. The molecule has 1 aromatic carbocycles. The van der Waals surface area contributed by atoms with E-state index >= 15 is 0 Å². The summed E-state index contributed by atoms with van der Waals surface area (Å²) in [4.78, 5) is 10.5. The second-order valence-electron chi connectivity index (χ2n) is 4.49. The molecule has 0 spiro atoms. The first-order chi connectivity index (χ1) is 8.80. The summed E-state index contributed by atoms with van der Waals surface area (Å²) in [5, 5.41) is 17.9. The molecule has 1 fully saturated rings. The van der Waals surface area contributed by atoms with Crippen LogP contribution in [0.2, 0.25) is 5.02 Å². The van der Waals surface area contributed by atoms with Crippen molar-refractivity contribution in [3.05, 3.63) is 28.8 Å². The molecule has 0 heterocycles. The van der Waals surface area contributed by atoms with Crippen LogP contribution < -0.4 is 4.72 Å². The van der Waals surface area contributed by atoms with E-state index < -0.39 is 21.5 Å². The van der Waals surface area contributed by atoms with Gasteiger partial charge in [-0.25, -0.2) is 17.9 Å². The molecule has 0 aromatic heterocycles. The number of sulfonamides is 1. The lowest BCUT2D eigenvalue weighted by Gasteiger charge is -2.15. The third-order valence-electron chi connectivity index (χ3n) is 2.97. The first-order valence-electron chi connectivity index (χ1n) is 5.47. The highest BCUT2D eigenvalue weighted by atomic mass is 35.5. The summed E-state index contributed by atoms with van der Waals surface area (Å²) < 4.78 is 26.6. The Labute approximate surface area is 115 Å². The summed E-state index contributed by atoms with van der Waals surface area (Å²) in [5.41, 5.74) is -1.000. The van der Waals surface area contributed by atoms with Crippen molar-refractivity contribution in [1.82, 2.24) is 4.72 Å². The van der Waals surface area contributed by atoms with Crippen molar-refractivity contribution in [1.29, 1.82) is 0 Å². The number of carboxylic acid groups (broad SMARTS) is 1. The lowest BCUT2D eigenvalue weighted by Crippen LogP contribution is -2.39. The van der Waals surface area contributed by atoms with E-state index in [1.54, 1.807) is 0 Å². The Balaban J connectivity index is 2.40. The molecule has 0 unspecified atom stereocenters. The smallest absolute Gasteiger partial charge is 0.335 e. The Hall–Kier alpha value is -1.15. The zero-order chi connectivity index (χ0) is 14.3. The van der Waals surface area contributed by atoms with Gasteiger partial charge in [0.15, 0.2) is 0 Å². The highest BCUT2D eigenvalue weighted by molar-refractivity contribution is 7.89. The Bertz CT molecular complexity index is 624. The van der Waals surface area contributed by atoms with Crippen molar-refractivity contribution in [3.8, 4) is 0 Å². The van der Waals surface area contributed by atoms with Gasteiger partial charge >= 0.3 is 5.97 Å². The predicted octanol–water partition coefficient (Wildman–Crippen LogP) is 0.841. The van der Waals surface area contributed by atoms with Crippen LogP contribution in [0, 0.1) is 0 Å². The Kier molecular flexibility index (Phi) is 3.57. The fourth-order valence-corrected chi connectivity index (χ4v) is 3.60. The summed E-state index contributed by atoms with van der Waals surface area (Å²) in [5.74, 6) is -1.24. The topological polar surface area (TPSA) is 104 Å². The number of benzene rings is 1. The summed E-state index contributed by atoms with van der Waals surface area (Å²) in [6.07, 6.45) is 1.08. The lowest BCUT2D eigenvalue weighted by molar-refractivity contribution is 0.0696. The molecule has 0 amide bonds. The third-order valence-corrected chi connectivity index (χ3v) is 5.03. The predicted molar refractivity (Wildman–Crippen MR) is 67.8 cm³/mol. The maximum absolute atomic E-state index is 12.1. The number of aliphatic hydroxyl groups excluding tert-OH is 1. The van der Waals surface area contributed by atoms with Crippen LogP contribution in [0.3, 0.4) is 0 Å². The fraction of sp³-hybridized carbons (Fsp3) is 0.364. The monoisotopic (exact) mass is 305 g/mol. The quantitative estimate of drug-likeness (QED) is 0.748. The summed E-state index contributed by atoms with van der Waals surface area (Å²) >= 11 is 5.80. The summed E-state index contributed by atoms with van der Waals surface area (Å²) in [7, 11) is -3.96. The van der Waals surface area contributed by atoms with Crippen LogP contribution in [0.25, 0.3) is 0 Å². The normalized spacial score (nSPS) is 17.2. The van der Waals surface area contributed by atoms with Crippen LogP contribution in [-0.4, -0.2) is 36.7 Å². The number of carbonyl (C=O) groups is 1. The van der Waals surface area contributed by atoms with Crippen molar-refractivity contribution in [3.63, 3.8) is 0 Å². The largest absolute Gasteiger partial charge is 0.478 e. The number of hydrogen-bond acceptors (Lipinski definition) is 4. The number of aliphatic hydroxyl groups is 1. The molecule has 19 heavy (non-hydrogen) atoms. The summed E-state index contributed by atoms with van der Waals surface area (Å²) in [6, 6.07) is 3.45. The molecule has 0 aliphatic heterocycles. The van der Waals surface area contributed by atoms with E-state index in [0.717, 1.165) is 6.07 Å². The van der Waals surface area contributed by atoms with E-state index in [4.69, 9.17) is 21.8 Å². The highest BCUT2D eigenvalue weighted by Crippen LogP contribution is 2.37. The second-order valence-corrected chi connectivity index (χ2v) is 6.55. The van der Waals surface area contributed by atoms with Gasteiger partial charge < -0.3 is 10.2 Å². The maximum Gasteiger partial charge on any atom is 0.335 e. The number of nitrogens with one attached hydrogen (secondary N) is 1. The first-order valence-corrected chi connectivity index (χ1v) is 7.33. The molecular formula is C11H12ClNO5S. The molecule has 1 aliphatic carbocycles. The standard InChI is InChI=1S/C11H12ClNO5S/c12-8-2-1-7(10(15)16)5-9(8)19(17,18)13-11(6-14)3-4-11/h1-2,5,13-14H,3-4,6H2,(H,15,16). The van der Waals surface area contributed by atoms with E-state index in [9.17, 15) is 13.2 Å². The number of carboxylic acids is 1. The highest BCUT2D eigenvalue weighted by Gasteiger charge is 2.45. The lowest BCUT2D eigenvalue weighted by atomic mass is 10.2. The Morgan fingerprint density at radius 1 is 1.42 bits per heavy atom. The van der Waals surface area contributed by atoms with Crippen molar-refractivity contribution >= 4 is 27.6 Å². The maximum atomic E-state index is 12.1. The van der Waals surface area contributed by atoms with Crippen molar-refractivity contribution in [2.24, 2.45) is 0 Å². The zero-order valence-electron chi connectivity index (χ0n) is 9.76. The molecule has 6 nitrogen and oxygen atoms in total. The summed E-state index contributed by atoms with van der Waals surface area (Å²) in [6.45, 7) is -0.303. The van der Waals surface area contributed by atoms with E-state index in [-0.39, 0.29) is 22.1 Å². The molecule has 1 saturated carbocycles. The molecule has 0 radical (unpaired) electrons. The third kappa shape index (κ3) is 2.89. The minimum atomic E-state index is -3.96. The number of aromatic carboxylic acids is 1. The molecule has 1 aromatic rings. The Morgan fingerprint density at radius 2 is 2.05 bits per heavy atom. The van der Waals surface area contributed by atoms with Gasteiger partial charge in [-0.15, -0.1) is 0 Å². The van der Waals surface area contributed by atoms with Crippen molar-refractivity contribution in [2.45, 2.75) is 23.3 Å². The molecule has 0 atom stereocenters. The molecule has 0 saturated heterocycles. The molecule has 1 aliphatic rings. The number of hydrogen-bond donors (Lipinski definition) is 3. The molecule has 0 bridgehead atoms. The minimum absolute atomic E-state index is 0.0637. The van der Waals surface area contributed by atoms with E-state index in [1.807, 2.05) is 0 Å². The van der Waals surface area contributed by atoms with Gasteiger partial charge in [0, 0.05) is 0 Å². The van der Waals surface area contributed by atoms with Gasteiger partial charge in [-0.2, -0.15) is 0 Å². The average Bonchev–Trinajstić information content (AvgIpc) is 3.08. The molecule has 8 heteroatoms. The fourth-order valence-electron chi connectivity index (χ4n) is 1.63. The van der Waals surface area contributed by atoms with Crippen LogP contribution >= 0.6 is 11.6 Å². The van der Waals surface area contributed by atoms with Gasteiger partial charge in [-0.1, -0.05) is 11.6 Å². The van der Waals surface area contributed by atoms with E-state index in [1.165, 1.54) is 12.1 Å². The first kappa shape index (κ1) is 14.3. The minimum Gasteiger partial charge on any atom is -0.478 e. The van der Waals surface area contributed by atoms with Crippen LogP contribution in [0.1, 0.15) is 23.2 Å². The van der Waals surface area contributed by atoms with Gasteiger partial charge in [0.25, 0.3) is 0 Å². The van der Waals surface area contributed by atoms with Crippen molar-refractivity contribution < 1.29 is 23.4 Å². The molecule has 104 valence electrons. The van der Waals surface area contributed by atoms with Gasteiger partial charge in [-0.05, 0) is 31.0 Å². The number of rotatable bonds is 5. The molecular weight excluding hydrogens is 294 g/mol. The van der Waals surface area contributed by atoms with Gasteiger partial charge in [0.05, 0.1) is 22.7 Å². The van der Waals surface area contributed by atoms with Crippen LogP contribution in [-0.2, 0) is 10.0 Å². The molecule has 3 N–H and O–H groups in total. The van der Waals surface area contributed by atoms with E-state index in [2.05, 4.69) is 4.72 Å². The van der Waals surface area contributed by atoms with Crippen LogP contribution in [0.4, 0.5) is 0 Å². The van der Waals surface area contributed by atoms with Crippen LogP contribution in [0.5, 0.6) is 0 Å². The van der Waals surface area contributed by atoms with Crippen molar-refractivity contribution in [2.75, 3.05) is 6.61 Å². The van der Waals surface area contributed by atoms with Gasteiger partial charge in [0.2, 0.25) is 10.0 Å². The van der Waals surface area contributed by atoms with Gasteiger partial charge in [-0.3, -0.25) is 0 Å². The van der Waals surface area contributed by atoms with Gasteiger partial charge in [0.1, 0.15) is 4.90 Å². The number of halogens is 1. The van der Waals surface area contributed by atoms with Crippen LogP contribution in [0.15, 0.2) is 23.1 Å². The van der Waals surface area contributed by atoms with E-state index in [0.29, 0.717) is 12.8 Å². The Morgan fingerprint density at radius 3 is 2.53 bits per heavy atom. The molecule has 2 rings (SSSR count).